The van der Waals surface area contributed by atoms with Gasteiger partial charge in [0.25, 0.3) is 5.92 Å². The zero-order valence-corrected chi connectivity index (χ0v) is 12.2. The topological polar surface area (TPSA) is 60.0 Å². The maximum absolute atomic E-state index is 12.6. The number of alkyl halides is 2. The predicted octanol–water partition coefficient (Wildman–Crippen LogP) is 1.05. The van der Waals surface area contributed by atoms with Crippen molar-refractivity contribution in [3.8, 4) is 0 Å². The molecule has 0 aliphatic carbocycles. The number of aliphatic hydroxyl groups excluding tert-OH is 1. The van der Waals surface area contributed by atoms with Crippen molar-refractivity contribution < 1.29 is 28.1 Å². The number of nitrogens with one attached hydrogen (secondary N) is 1. The van der Waals surface area contributed by atoms with Crippen LogP contribution in [0, 0.1) is 0 Å². The molecule has 0 unspecified atom stereocenters. The first-order chi connectivity index (χ1) is 9.62. The first-order valence-electron chi connectivity index (χ1n) is 7.05. The van der Waals surface area contributed by atoms with Crippen LogP contribution in [0.25, 0.3) is 0 Å². The molecule has 0 saturated carbocycles. The van der Waals surface area contributed by atoms with E-state index in [-0.39, 0.29) is 0 Å². The van der Waals surface area contributed by atoms with Crippen molar-refractivity contribution in [2.75, 3.05) is 59.3 Å². The van der Waals surface area contributed by atoms with E-state index in [2.05, 4.69) is 12.2 Å². The van der Waals surface area contributed by atoms with Gasteiger partial charge in [-0.25, -0.2) is 8.78 Å². The molecule has 20 heavy (non-hydrogen) atoms. The van der Waals surface area contributed by atoms with E-state index in [0.717, 1.165) is 19.4 Å². The van der Waals surface area contributed by atoms with Crippen molar-refractivity contribution in [3.63, 3.8) is 0 Å². The second-order valence-corrected chi connectivity index (χ2v) is 4.38. The minimum absolute atomic E-state index is 0.315. The van der Waals surface area contributed by atoms with Crippen LogP contribution in [0.4, 0.5) is 8.78 Å². The fourth-order valence-electron chi connectivity index (χ4n) is 1.26. The molecule has 0 rings (SSSR count). The molecule has 0 amide bonds. The number of halogens is 2. The van der Waals surface area contributed by atoms with Crippen LogP contribution in [0.15, 0.2) is 0 Å². The molecule has 0 saturated heterocycles. The Morgan fingerprint density at radius 1 is 0.950 bits per heavy atom. The monoisotopic (exact) mass is 299 g/mol. The largest absolute Gasteiger partial charge is 0.390 e. The molecule has 0 heterocycles. The zero-order valence-electron chi connectivity index (χ0n) is 12.2. The highest BCUT2D eigenvalue weighted by Crippen LogP contribution is 2.09. The Hall–Kier alpha value is -0.340. The van der Waals surface area contributed by atoms with Crippen LogP contribution in [-0.4, -0.2) is 70.4 Å². The predicted molar refractivity (Wildman–Crippen MR) is 72.3 cm³/mol. The van der Waals surface area contributed by atoms with Crippen LogP contribution in [0.3, 0.4) is 0 Å². The molecule has 2 N–H and O–H groups in total. The standard InChI is InChI=1S/C13H27F2NO4/c1-2-3-5-18-7-9-20-10-8-19-6-4-16-11-13(14,15)12-17/h16-17H,2-12H2,1H3. The number of hydrogen-bond donors (Lipinski definition) is 2. The van der Waals surface area contributed by atoms with Crippen LogP contribution in [0.1, 0.15) is 19.8 Å². The summed E-state index contributed by atoms with van der Waals surface area (Å²) in [7, 11) is 0. The maximum Gasteiger partial charge on any atom is 0.282 e. The van der Waals surface area contributed by atoms with Crippen LogP contribution >= 0.6 is 0 Å². The van der Waals surface area contributed by atoms with Crippen LogP contribution in [-0.2, 0) is 14.2 Å². The molecule has 0 aromatic heterocycles. The molecular formula is C13H27F2NO4. The van der Waals surface area contributed by atoms with Crippen LogP contribution in [0.2, 0.25) is 0 Å². The Labute approximate surface area is 119 Å². The van der Waals surface area contributed by atoms with Crippen molar-refractivity contribution in [1.82, 2.24) is 5.32 Å². The molecule has 0 fully saturated rings. The highest BCUT2D eigenvalue weighted by Gasteiger charge is 2.26. The lowest BCUT2D eigenvalue weighted by atomic mass is 10.3. The Balaban J connectivity index is 3.06. The third-order valence-electron chi connectivity index (χ3n) is 2.42. The average Bonchev–Trinajstić information content (AvgIpc) is 2.44. The second kappa shape index (κ2) is 13.6. The van der Waals surface area contributed by atoms with Crippen LogP contribution < -0.4 is 5.32 Å². The summed E-state index contributed by atoms with van der Waals surface area (Å²) >= 11 is 0. The van der Waals surface area contributed by atoms with Gasteiger partial charge < -0.3 is 24.6 Å². The number of unbranched alkanes of at least 4 members (excludes halogenated alkanes) is 1. The zero-order chi connectivity index (χ0) is 15.1. The van der Waals surface area contributed by atoms with Crippen LogP contribution in [0.5, 0.6) is 0 Å². The van der Waals surface area contributed by atoms with E-state index in [1.54, 1.807) is 0 Å². The fraction of sp³-hybridized carbons (Fsp3) is 1.00. The molecule has 0 aliphatic heterocycles. The average molecular weight is 299 g/mol. The molecule has 0 bridgehead atoms. The molecule has 7 heteroatoms. The molecular weight excluding hydrogens is 272 g/mol. The number of rotatable bonds is 15. The second-order valence-electron chi connectivity index (χ2n) is 4.38. The van der Waals surface area contributed by atoms with Gasteiger partial charge in [-0.2, -0.15) is 0 Å². The first kappa shape index (κ1) is 19.7. The van der Waals surface area contributed by atoms with Gasteiger partial charge >= 0.3 is 0 Å². The summed E-state index contributed by atoms with van der Waals surface area (Å²) in [5.41, 5.74) is 0. The van der Waals surface area contributed by atoms with Gasteiger partial charge in [-0.05, 0) is 6.42 Å². The molecule has 0 radical (unpaired) electrons. The Kier molecular flexibility index (Phi) is 13.4. The van der Waals surface area contributed by atoms with Crippen molar-refractivity contribution in [2.24, 2.45) is 0 Å². The number of ether oxygens (including phenoxy) is 3. The van der Waals surface area contributed by atoms with Gasteiger partial charge in [0.1, 0.15) is 6.61 Å². The van der Waals surface area contributed by atoms with Gasteiger partial charge in [-0.15, -0.1) is 0 Å². The van der Waals surface area contributed by atoms with Crippen molar-refractivity contribution in [1.29, 1.82) is 0 Å². The SMILES string of the molecule is CCCCOCCOCCOCCNCC(F)(F)CO. The smallest absolute Gasteiger partial charge is 0.282 e. The summed E-state index contributed by atoms with van der Waals surface area (Å²) in [6, 6.07) is 0. The number of hydrogen-bond acceptors (Lipinski definition) is 5. The Morgan fingerprint density at radius 3 is 2.05 bits per heavy atom. The van der Waals surface area contributed by atoms with Gasteiger partial charge in [-0.1, -0.05) is 13.3 Å². The summed E-state index contributed by atoms with van der Waals surface area (Å²) in [4.78, 5) is 0. The number of aliphatic hydroxyl groups is 1. The third kappa shape index (κ3) is 14.1. The first-order valence-corrected chi connectivity index (χ1v) is 7.05. The Bertz CT molecular complexity index is 209. The molecule has 0 aromatic rings. The van der Waals surface area contributed by atoms with E-state index < -0.39 is 19.1 Å². The summed E-state index contributed by atoms with van der Waals surface area (Å²) in [5.74, 6) is -3.07. The Morgan fingerprint density at radius 2 is 1.50 bits per heavy atom. The quantitative estimate of drug-likeness (QED) is 0.443. The van der Waals surface area contributed by atoms with E-state index in [4.69, 9.17) is 19.3 Å². The summed E-state index contributed by atoms with van der Waals surface area (Å²) < 4.78 is 41.0. The van der Waals surface area contributed by atoms with Gasteiger partial charge in [0.2, 0.25) is 0 Å². The summed E-state index contributed by atoms with van der Waals surface area (Å²) in [6.07, 6.45) is 2.18. The summed E-state index contributed by atoms with van der Waals surface area (Å²) in [6.45, 7) is 3.83. The van der Waals surface area contributed by atoms with Gasteiger partial charge in [-0.3, -0.25) is 0 Å². The lowest BCUT2D eigenvalue weighted by Crippen LogP contribution is -2.37. The van der Waals surface area contributed by atoms with Crippen molar-refractivity contribution >= 4 is 0 Å². The lowest BCUT2D eigenvalue weighted by molar-refractivity contribution is -0.0486. The van der Waals surface area contributed by atoms with Gasteiger partial charge in [0, 0.05) is 13.2 Å². The third-order valence-corrected chi connectivity index (χ3v) is 2.42. The van der Waals surface area contributed by atoms with Gasteiger partial charge in [0.15, 0.2) is 0 Å². The van der Waals surface area contributed by atoms with E-state index in [0.29, 0.717) is 39.6 Å². The minimum Gasteiger partial charge on any atom is -0.390 e. The maximum atomic E-state index is 12.6. The highest BCUT2D eigenvalue weighted by atomic mass is 19.3. The van der Waals surface area contributed by atoms with E-state index in [1.165, 1.54) is 0 Å². The van der Waals surface area contributed by atoms with Gasteiger partial charge in [0.05, 0.1) is 39.6 Å². The minimum atomic E-state index is -3.07. The van der Waals surface area contributed by atoms with E-state index in [1.807, 2.05) is 0 Å². The molecule has 5 nitrogen and oxygen atoms in total. The molecule has 0 spiro atoms. The molecule has 0 aromatic carbocycles. The highest BCUT2D eigenvalue weighted by molar-refractivity contribution is 4.67. The molecule has 122 valence electrons. The normalized spacial score (nSPS) is 12.0. The fourth-order valence-corrected chi connectivity index (χ4v) is 1.26. The lowest BCUT2D eigenvalue weighted by Gasteiger charge is -2.13. The summed E-state index contributed by atoms with van der Waals surface area (Å²) in [5, 5.41) is 10.8. The molecule has 0 aliphatic rings. The van der Waals surface area contributed by atoms with Crippen molar-refractivity contribution in [3.05, 3.63) is 0 Å². The van der Waals surface area contributed by atoms with E-state index in [9.17, 15) is 8.78 Å². The van der Waals surface area contributed by atoms with E-state index >= 15 is 0 Å². The van der Waals surface area contributed by atoms with Crippen molar-refractivity contribution in [2.45, 2.75) is 25.7 Å². The molecule has 0 atom stereocenters.